The molecule has 0 spiro atoms. The summed E-state index contributed by atoms with van der Waals surface area (Å²) in [5, 5.41) is 0.791. The van der Waals surface area contributed by atoms with E-state index in [-0.39, 0.29) is 5.92 Å². The van der Waals surface area contributed by atoms with E-state index in [1.54, 1.807) is 0 Å². The molecule has 1 heterocycles. The number of nitrogens with zero attached hydrogens (tertiary/aromatic N) is 2. The zero-order chi connectivity index (χ0) is 15.2. The van der Waals surface area contributed by atoms with Gasteiger partial charge in [-0.3, -0.25) is 9.69 Å². The van der Waals surface area contributed by atoms with Crippen LogP contribution in [-0.2, 0) is 11.3 Å². The third-order valence-electron chi connectivity index (χ3n) is 4.31. The summed E-state index contributed by atoms with van der Waals surface area (Å²) >= 11 is 6.03. The number of rotatable bonds is 5. The van der Waals surface area contributed by atoms with E-state index in [0.29, 0.717) is 5.91 Å². The molecule has 1 aromatic carbocycles. The summed E-state index contributed by atoms with van der Waals surface area (Å²) in [6.45, 7) is 8.64. The molecule has 3 nitrogen and oxygen atoms in total. The van der Waals surface area contributed by atoms with E-state index < -0.39 is 0 Å². The molecular formula is C17H25ClN2O. The van der Waals surface area contributed by atoms with Crippen LogP contribution >= 0.6 is 11.6 Å². The molecule has 1 aliphatic rings. The number of likely N-dealkylation sites (tertiary alicyclic amines) is 1. The zero-order valence-electron chi connectivity index (χ0n) is 13.0. The first-order valence-corrected chi connectivity index (χ1v) is 8.27. The molecule has 4 heteroatoms. The van der Waals surface area contributed by atoms with Crippen molar-refractivity contribution in [2.45, 2.75) is 33.2 Å². The van der Waals surface area contributed by atoms with Gasteiger partial charge in [-0.05, 0) is 57.5 Å². The van der Waals surface area contributed by atoms with Crippen LogP contribution in [0.5, 0.6) is 0 Å². The Morgan fingerprint density at radius 1 is 1.29 bits per heavy atom. The van der Waals surface area contributed by atoms with Gasteiger partial charge in [-0.1, -0.05) is 23.7 Å². The molecule has 1 aromatic rings. The van der Waals surface area contributed by atoms with Crippen LogP contribution in [0.3, 0.4) is 0 Å². The van der Waals surface area contributed by atoms with Crippen molar-refractivity contribution in [2.75, 3.05) is 26.2 Å². The summed E-state index contributed by atoms with van der Waals surface area (Å²) in [5.41, 5.74) is 1.25. The van der Waals surface area contributed by atoms with E-state index in [1.807, 2.05) is 23.1 Å². The van der Waals surface area contributed by atoms with Crippen LogP contribution in [0.2, 0.25) is 5.02 Å². The summed E-state index contributed by atoms with van der Waals surface area (Å²) in [6, 6.07) is 8.03. The first kappa shape index (κ1) is 16.3. The third kappa shape index (κ3) is 4.45. The second-order valence-electron chi connectivity index (χ2n) is 5.69. The monoisotopic (exact) mass is 308 g/mol. The lowest BCUT2D eigenvalue weighted by atomic mass is 9.95. The van der Waals surface area contributed by atoms with E-state index in [4.69, 9.17) is 11.6 Å². The van der Waals surface area contributed by atoms with E-state index in [0.717, 1.165) is 50.6 Å². The number of carbonyl (C=O) groups excluding carboxylic acids is 1. The maximum absolute atomic E-state index is 12.4. The summed E-state index contributed by atoms with van der Waals surface area (Å²) in [7, 11) is 0. The fourth-order valence-corrected chi connectivity index (χ4v) is 3.24. The number of carbonyl (C=O) groups is 1. The number of piperidine rings is 1. The van der Waals surface area contributed by atoms with Crippen LogP contribution in [-0.4, -0.2) is 41.9 Å². The molecule has 1 amide bonds. The van der Waals surface area contributed by atoms with Crippen LogP contribution in [0, 0.1) is 5.92 Å². The minimum Gasteiger partial charge on any atom is -0.343 e. The lowest BCUT2D eigenvalue weighted by molar-refractivity contribution is -0.136. The van der Waals surface area contributed by atoms with Gasteiger partial charge in [0.15, 0.2) is 0 Å². The van der Waals surface area contributed by atoms with Crippen LogP contribution in [0.1, 0.15) is 32.3 Å². The lowest BCUT2D eigenvalue weighted by Crippen LogP contribution is -2.42. The fraction of sp³-hybridized carbons (Fsp3) is 0.588. The second kappa shape index (κ2) is 7.81. The highest BCUT2D eigenvalue weighted by Crippen LogP contribution is 2.22. The average molecular weight is 309 g/mol. The zero-order valence-corrected chi connectivity index (χ0v) is 13.8. The summed E-state index contributed by atoms with van der Waals surface area (Å²) in [5.74, 6) is 0.544. The van der Waals surface area contributed by atoms with Crippen molar-refractivity contribution in [3.05, 3.63) is 34.9 Å². The van der Waals surface area contributed by atoms with Crippen molar-refractivity contribution >= 4 is 17.5 Å². The van der Waals surface area contributed by atoms with Crippen molar-refractivity contribution in [2.24, 2.45) is 5.92 Å². The van der Waals surface area contributed by atoms with Gasteiger partial charge in [0.25, 0.3) is 0 Å². The van der Waals surface area contributed by atoms with Gasteiger partial charge in [-0.25, -0.2) is 0 Å². The van der Waals surface area contributed by atoms with Crippen molar-refractivity contribution < 1.29 is 4.79 Å². The molecule has 116 valence electrons. The van der Waals surface area contributed by atoms with Crippen LogP contribution in [0.15, 0.2) is 24.3 Å². The Morgan fingerprint density at radius 2 is 1.95 bits per heavy atom. The fourth-order valence-electron chi connectivity index (χ4n) is 3.03. The van der Waals surface area contributed by atoms with E-state index in [1.165, 1.54) is 5.56 Å². The van der Waals surface area contributed by atoms with Gasteiger partial charge >= 0.3 is 0 Å². The second-order valence-corrected chi connectivity index (χ2v) is 6.13. The topological polar surface area (TPSA) is 23.6 Å². The Kier molecular flexibility index (Phi) is 6.07. The van der Waals surface area contributed by atoms with Gasteiger partial charge in [-0.15, -0.1) is 0 Å². The molecule has 0 saturated carbocycles. The Bertz CT molecular complexity index is 466. The highest BCUT2D eigenvalue weighted by Gasteiger charge is 2.27. The normalized spacial score (nSPS) is 16.9. The maximum atomic E-state index is 12.4. The predicted molar refractivity (Wildman–Crippen MR) is 87.4 cm³/mol. The maximum Gasteiger partial charge on any atom is 0.225 e. The number of hydrogen-bond donors (Lipinski definition) is 0. The standard InChI is InChI=1S/C17H25ClN2O/c1-3-20(4-2)17(21)15-8-10-19(11-9-15)13-14-6-5-7-16(18)12-14/h5-7,12,15H,3-4,8-11,13H2,1-2H3. The molecule has 0 bridgehead atoms. The molecule has 0 N–H and O–H groups in total. The molecule has 0 aromatic heterocycles. The Labute approximate surface area is 132 Å². The highest BCUT2D eigenvalue weighted by molar-refractivity contribution is 6.30. The molecule has 2 rings (SSSR count). The Morgan fingerprint density at radius 3 is 2.52 bits per heavy atom. The number of amides is 1. The summed E-state index contributed by atoms with van der Waals surface area (Å²) in [6.07, 6.45) is 1.94. The lowest BCUT2D eigenvalue weighted by Gasteiger charge is -2.33. The first-order valence-electron chi connectivity index (χ1n) is 7.89. The van der Waals surface area contributed by atoms with Gasteiger partial charge in [-0.2, -0.15) is 0 Å². The van der Waals surface area contributed by atoms with Crippen LogP contribution in [0.25, 0.3) is 0 Å². The molecule has 0 radical (unpaired) electrons. The minimum absolute atomic E-state index is 0.209. The predicted octanol–water partition coefficient (Wildman–Crippen LogP) is 3.42. The molecule has 1 fully saturated rings. The molecule has 0 unspecified atom stereocenters. The molecule has 1 aliphatic heterocycles. The molecule has 1 saturated heterocycles. The molecule has 0 aliphatic carbocycles. The number of halogens is 1. The molecular weight excluding hydrogens is 284 g/mol. The van der Waals surface area contributed by atoms with Gasteiger partial charge in [0.1, 0.15) is 0 Å². The van der Waals surface area contributed by atoms with Crippen LogP contribution < -0.4 is 0 Å². The summed E-state index contributed by atoms with van der Waals surface area (Å²) < 4.78 is 0. The van der Waals surface area contributed by atoms with E-state index in [9.17, 15) is 4.79 Å². The van der Waals surface area contributed by atoms with Gasteiger partial charge in [0.2, 0.25) is 5.91 Å². The number of benzene rings is 1. The van der Waals surface area contributed by atoms with Gasteiger partial charge in [0, 0.05) is 30.6 Å². The van der Waals surface area contributed by atoms with Gasteiger partial charge in [0.05, 0.1) is 0 Å². The summed E-state index contributed by atoms with van der Waals surface area (Å²) in [4.78, 5) is 16.7. The first-order chi connectivity index (χ1) is 10.1. The van der Waals surface area contributed by atoms with Crippen molar-refractivity contribution in [1.29, 1.82) is 0 Å². The average Bonchev–Trinajstić information content (AvgIpc) is 2.49. The van der Waals surface area contributed by atoms with Crippen molar-refractivity contribution in [3.63, 3.8) is 0 Å². The largest absolute Gasteiger partial charge is 0.343 e. The molecule has 21 heavy (non-hydrogen) atoms. The quantitative estimate of drug-likeness (QED) is 0.832. The number of hydrogen-bond acceptors (Lipinski definition) is 2. The highest BCUT2D eigenvalue weighted by atomic mass is 35.5. The Balaban J connectivity index is 1.84. The smallest absolute Gasteiger partial charge is 0.225 e. The van der Waals surface area contributed by atoms with Gasteiger partial charge < -0.3 is 4.90 Å². The third-order valence-corrected chi connectivity index (χ3v) is 4.54. The van der Waals surface area contributed by atoms with Crippen molar-refractivity contribution in [3.8, 4) is 0 Å². The van der Waals surface area contributed by atoms with Crippen LogP contribution in [0.4, 0.5) is 0 Å². The Hall–Kier alpha value is -1.06. The molecule has 0 atom stereocenters. The van der Waals surface area contributed by atoms with E-state index in [2.05, 4.69) is 24.8 Å². The minimum atomic E-state index is 0.209. The van der Waals surface area contributed by atoms with Crippen molar-refractivity contribution in [1.82, 2.24) is 9.80 Å². The SMILES string of the molecule is CCN(CC)C(=O)C1CCN(Cc2cccc(Cl)c2)CC1. The van der Waals surface area contributed by atoms with E-state index >= 15 is 0 Å².